The van der Waals surface area contributed by atoms with E-state index in [2.05, 4.69) is 10.2 Å². The van der Waals surface area contributed by atoms with Crippen molar-refractivity contribution in [1.82, 2.24) is 10.2 Å². The molecule has 0 radical (unpaired) electrons. The van der Waals surface area contributed by atoms with E-state index in [0.29, 0.717) is 12.4 Å². The Balaban J connectivity index is 2.13. The molecule has 1 aliphatic heterocycles. The molecule has 0 aliphatic carbocycles. The maximum Gasteiger partial charge on any atom is 0.308 e. The summed E-state index contributed by atoms with van der Waals surface area (Å²) in [4.78, 5) is 13.0. The molecule has 0 spiro atoms. The molecule has 0 amide bonds. The van der Waals surface area contributed by atoms with Crippen molar-refractivity contribution in [2.45, 2.75) is 12.8 Å². The lowest BCUT2D eigenvalue weighted by Crippen LogP contribution is -2.38. The SMILES string of the molecule is COc1cc(N2CCC[C@@H](C(=O)O)C2)cnn1. The van der Waals surface area contributed by atoms with Crippen molar-refractivity contribution in [2.24, 2.45) is 5.92 Å². The van der Waals surface area contributed by atoms with Crippen LogP contribution in [0.5, 0.6) is 5.88 Å². The predicted octanol–water partition coefficient (Wildman–Crippen LogP) is 0.786. The van der Waals surface area contributed by atoms with Gasteiger partial charge in [0.15, 0.2) is 0 Å². The highest BCUT2D eigenvalue weighted by Crippen LogP contribution is 2.24. The molecule has 0 aromatic carbocycles. The number of rotatable bonds is 3. The first-order chi connectivity index (χ1) is 8.20. The van der Waals surface area contributed by atoms with Gasteiger partial charge in [-0.1, -0.05) is 0 Å². The number of carboxylic acids is 1. The topological polar surface area (TPSA) is 75.5 Å². The molecule has 6 nitrogen and oxygen atoms in total. The van der Waals surface area contributed by atoms with Crippen LogP contribution in [0.2, 0.25) is 0 Å². The number of carboxylic acid groups (broad SMARTS) is 1. The minimum Gasteiger partial charge on any atom is -0.481 e. The Hall–Kier alpha value is -1.85. The Morgan fingerprint density at radius 2 is 2.47 bits per heavy atom. The standard InChI is InChI=1S/C11H15N3O3/c1-17-10-5-9(6-12-13-10)14-4-2-3-8(7-14)11(15)16/h5-6,8H,2-4,7H2,1H3,(H,15,16)/t8-/m1/s1. The predicted molar refractivity (Wildman–Crippen MR) is 61.2 cm³/mol. The first-order valence-electron chi connectivity index (χ1n) is 5.55. The van der Waals surface area contributed by atoms with E-state index in [1.807, 2.05) is 4.90 Å². The fraction of sp³-hybridized carbons (Fsp3) is 0.545. The molecule has 1 saturated heterocycles. The first-order valence-corrected chi connectivity index (χ1v) is 5.55. The molecule has 0 unspecified atom stereocenters. The molecule has 17 heavy (non-hydrogen) atoms. The van der Waals surface area contributed by atoms with Gasteiger partial charge in [0.25, 0.3) is 0 Å². The van der Waals surface area contributed by atoms with E-state index in [0.717, 1.165) is 25.1 Å². The number of methoxy groups -OCH3 is 1. The van der Waals surface area contributed by atoms with Gasteiger partial charge in [0.1, 0.15) is 0 Å². The summed E-state index contributed by atoms with van der Waals surface area (Å²) in [7, 11) is 1.53. The van der Waals surface area contributed by atoms with E-state index in [1.54, 1.807) is 12.3 Å². The lowest BCUT2D eigenvalue weighted by atomic mass is 9.98. The molecule has 2 heterocycles. The van der Waals surface area contributed by atoms with Gasteiger partial charge in [0.05, 0.1) is 24.9 Å². The lowest BCUT2D eigenvalue weighted by Gasteiger charge is -2.32. The van der Waals surface area contributed by atoms with Crippen molar-refractivity contribution in [3.63, 3.8) is 0 Å². The second kappa shape index (κ2) is 4.99. The van der Waals surface area contributed by atoms with E-state index in [1.165, 1.54) is 7.11 Å². The Bertz CT molecular complexity index is 411. The molecule has 0 bridgehead atoms. The average molecular weight is 237 g/mol. The molecule has 6 heteroatoms. The highest BCUT2D eigenvalue weighted by molar-refractivity contribution is 5.71. The maximum absolute atomic E-state index is 11.0. The van der Waals surface area contributed by atoms with Crippen LogP contribution in [0, 0.1) is 5.92 Å². The summed E-state index contributed by atoms with van der Waals surface area (Å²) in [5.74, 6) is -0.591. The van der Waals surface area contributed by atoms with Crippen LogP contribution in [0.1, 0.15) is 12.8 Å². The summed E-state index contributed by atoms with van der Waals surface area (Å²) < 4.78 is 5.00. The number of anilines is 1. The fourth-order valence-electron chi connectivity index (χ4n) is 2.02. The summed E-state index contributed by atoms with van der Waals surface area (Å²) in [5, 5.41) is 16.7. The zero-order valence-corrected chi connectivity index (χ0v) is 9.67. The van der Waals surface area contributed by atoms with E-state index < -0.39 is 5.97 Å². The zero-order chi connectivity index (χ0) is 12.3. The summed E-state index contributed by atoms with van der Waals surface area (Å²) >= 11 is 0. The quantitative estimate of drug-likeness (QED) is 0.837. The number of aromatic nitrogens is 2. The Kier molecular flexibility index (Phi) is 3.41. The minimum atomic E-state index is -0.733. The summed E-state index contributed by atoms with van der Waals surface area (Å²) in [6, 6.07) is 1.78. The van der Waals surface area contributed by atoms with Crippen molar-refractivity contribution >= 4 is 11.7 Å². The van der Waals surface area contributed by atoms with Gasteiger partial charge in [-0.15, -0.1) is 5.10 Å². The molecule has 1 fully saturated rings. The van der Waals surface area contributed by atoms with Gasteiger partial charge in [0.2, 0.25) is 5.88 Å². The Labute approximate surface area is 99.2 Å². The molecule has 1 aliphatic rings. The molecule has 1 aromatic rings. The van der Waals surface area contributed by atoms with Gasteiger partial charge in [-0.2, -0.15) is 5.10 Å². The molecule has 0 saturated carbocycles. The number of aliphatic carboxylic acids is 1. The first kappa shape index (κ1) is 11.6. The number of piperidine rings is 1. The van der Waals surface area contributed by atoms with Crippen molar-refractivity contribution in [3.05, 3.63) is 12.3 Å². The third-order valence-corrected chi connectivity index (χ3v) is 2.96. The van der Waals surface area contributed by atoms with Crippen LogP contribution in [-0.4, -0.2) is 41.5 Å². The van der Waals surface area contributed by atoms with Crippen LogP contribution >= 0.6 is 0 Å². The molecule has 1 aromatic heterocycles. The second-order valence-corrected chi connectivity index (χ2v) is 4.08. The highest BCUT2D eigenvalue weighted by Gasteiger charge is 2.25. The van der Waals surface area contributed by atoms with Crippen LogP contribution in [-0.2, 0) is 4.79 Å². The van der Waals surface area contributed by atoms with Gasteiger partial charge in [0, 0.05) is 19.2 Å². The van der Waals surface area contributed by atoms with Gasteiger partial charge in [-0.3, -0.25) is 4.79 Å². The molecular weight excluding hydrogens is 222 g/mol. The van der Waals surface area contributed by atoms with Crippen molar-refractivity contribution < 1.29 is 14.6 Å². The summed E-state index contributed by atoms with van der Waals surface area (Å²) in [6.07, 6.45) is 3.25. The molecule has 1 N–H and O–H groups in total. The maximum atomic E-state index is 11.0. The number of nitrogens with zero attached hydrogens (tertiary/aromatic N) is 3. The van der Waals surface area contributed by atoms with Crippen LogP contribution in [0.25, 0.3) is 0 Å². The summed E-state index contributed by atoms with van der Waals surface area (Å²) in [6.45, 7) is 1.36. The van der Waals surface area contributed by atoms with Gasteiger partial charge in [-0.25, -0.2) is 0 Å². The van der Waals surface area contributed by atoms with Gasteiger partial charge < -0.3 is 14.7 Å². The van der Waals surface area contributed by atoms with Crippen LogP contribution in [0.4, 0.5) is 5.69 Å². The van der Waals surface area contributed by atoms with Crippen LogP contribution in [0.15, 0.2) is 12.3 Å². The monoisotopic (exact) mass is 237 g/mol. The van der Waals surface area contributed by atoms with Crippen LogP contribution in [0.3, 0.4) is 0 Å². The molecule has 92 valence electrons. The van der Waals surface area contributed by atoms with E-state index in [-0.39, 0.29) is 5.92 Å². The van der Waals surface area contributed by atoms with E-state index in [4.69, 9.17) is 9.84 Å². The van der Waals surface area contributed by atoms with Crippen molar-refractivity contribution in [2.75, 3.05) is 25.1 Å². The number of carbonyl (C=O) groups is 1. The number of ether oxygens (including phenoxy) is 1. The van der Waals surface area contributed by atoms with Gasteiger partial charge >= 0.3 is 5.97 Å². The summed E-state index contributed by atoms with van der Waals surface area (Å²) in [5.41, 5.74) is 0.864. The normalized spacial score (nSPS) is 20.1. The lowest BCUT2D eigenvalue weighted by molar-refractivity contribution is -0.141. The number of hydrogen-bond donors (Lipinski definition) is 1. The van der Waals surface area contributed by atoms with Crippen molar-refractivity contribution in [1.29, 1.82) is 0 Å². The van der Waals surface area contributed by atoms with E-state index in [9.17, 15) is 4.79 Å². The van der Waals surface area contributed by atoms with Gasteiger partial charge in [-0.05, 0) is 12.8 Å². The largest absolute Gasteiger partial charge is 0.481 e. The zero-order valence-electron chi connectivity index (χ0n) is 9.67. The second-order valence-electron chi connectivity index (χ2n) is 4.08. The molecule has 2 rings (SSSR count). The highest BCUT2D eigenvalue weighted by atomic mass is 16.5. The average Bonchev–Trinajstić information content (AvgIpc) is 2.39. The minimum absolute atomic E-state index is 0.303. The number of hydrogen-bond acceptors (Lipinski definition) is 5. The van der Waals surface area contributed by atoms with Crippen LogP contribution < -0.4 is 9.64 Å². The fourth-order valence-corrected chi connectivity index (χ4v) is 2.02. The van der Waals surface area contributed by atoms with E-state index >= 15 is 0 Å². The Morgan fingerprint density at radius 3 is 3.18 bits per heavy atom. The molecule has 1 atom stereocenters. The third kappa shape index (κ3) is 2.64. The third-order valence-electron chi connectivity index (χ3n) is 2.96. The smallest absolute Gasteiger partial charge is 0.308 e. The molecular formula is C11H15N3O3. The van der Waals surface area contributed by atoms with Crippen molar-refractivity contribution in [3.8, 4) is 5.88 Å². The Morgan fingerprint density at radius 1 is 1.65 bits per heavy atom.